The highest BCUT2D eigenvalue weighted by Crippen LogP contribution is 2.25. The first kappa shape index (κ1) is 21.2. The third kappa shape index (κ3) is 6.87. The van der Waals surface area contributed by atoms with Gasteiger partial charge in [0.05, 0.1) is 10.9 Å². The molecule has 1 aromatic carbocycles. The summed E-state index contributed by atoms with van der Waals surface area (Å²) in [5.74, 6) is 0.412. The zero-order valence-electron chi connectivity index (χ0n) is 14.5. The Morgan fingerprint density at radius 1 is 1.19 bits per heavy atom. The van der Waals surface area contributed by atoms with Gasteiger partial charge in [0.15, 0.2) is 5.16 Å². The number of hydrogen-bond donors (Lipinski definition) is 2. The number of carbonyl (C=O) groups excluding carboxylic acids is 1. The van der Waals surface area contributed by atoms with E-state index in [2.05, 4.69) is 29.1 Å². The molecule has 5 nitrogen and oxygen atoms in total. The molecule has 0 saturated carbocycles. The van der Waals surface area contributed by atoms with Crippen LogP contribution in [0.4, 0.5) is 5.69 Å². The molecule has 1 unspecified atom stereocenters. The molecule has 2 N–H and O–H groups in total. The molecule has 0 spiro atoms. The van der Waals surface area contributed by atoms with Crippen molar-refractivity contribution < 1.29 is 4.79 Å². The highest BCUT2D eigenvalue weighted by atomic mass is 35.5. The SMILES string of the molecule is CC(C)SCc1cc(=O)[nH]c(SC(C)C(=O)Nc2cc(Cl)cc(Cl)c2)n1. The predicted octanol–water partition coefficient (Wildman–Crippen LogP) is 4.84. The van der Waals surface area contributed by atoms with E-state index in [9.17, 15) is 9.59 Å². The van der Waals surface area contributed by atoms with Crippen LogP contribution < -0.4 is 10.9 Å². The number of amides is 1. The second-order valence-corrected chi connectivity index (χ2v) is 9.58. The van der Waals surface area contributed by atoms with Crippen LogP contribution >= 0.6 is 46.7 Å². The number of aromatic nitrogens is 2. The minimum atomic E-state index is -0.469. The molecule has 1 aromatic heterocycles. The molecule has 1 heterocycles. The average Bonchev–Trinajstić information content (AvgIpc) is 2.51. The van der Waals surface area contributed by atoms with E-state index in [4.69, 9.17) is 23.2 Å². The van der Waals surface area contributed by atoms with Gasteiger partial charge < -0.3 is 10.3 Å². The van der Waals surface area contributed by atoms with E-state index in [0.717, 1.165) is 0 Å². The first-order chi connectivity index (χ1) is 12.2. The Bertz CT molecular complexity index is 823. The lowest BCUT2D eigenvalue weighted by molar-refractivity contribution is -0.115. The molecule has 0 bridgehead atoms. The van der Waals surface area contributed by atoms with E-state index in [1.54, 1.807) is 36.9 Å². The predicted molar refractivity (Wildman–Crippen MR) is 112 cm³/mol. The van der Waals surface area contributed by atoms with Crippen molar-refractivity contribution in [3.63, 3.8) is 0 Å². The van der Waals surface area contributed by atoms with Crippen molar-refractivity contribution in [2.45, 2.75) is 42.2 Å². The van der Waals surface area contributed by atoms with Crippen molar-refractivity contribution in [1.29, 1.82) is 0 Å². The smallest absolute Gasteiger partial charge is 0.251 e. The number of aromatic amines is 1. The summed E-state index contributed by atoms with van der Waals surface area (Å²) < 4.78 is 0. The lowest BCUT2D eigenvalue weighted by Gasteiger charge is -2.12. The summed E-state index contributed by atoms with van der Waals surface area (Å²) in [5.41, 5.74) is 0.990. The molecule has 140 valence electrons. The number of hydrogen-bond acceptors (Lipinski definition) is 5. The minimum absolute atomic E-state index is 0.226. The van der Waals surface area contributed by atoms with E-state index in [-0.39, 0.29) is 11.5 Å². The number of anilines is 1. The summed E-state index contributed by atoms with van der Waals surface area (Å²) in [6.45, 7) is 5.91. The number of benzene rings is 1. The minimum Gasteiger partial charge on any atom is -0.325 e. The molecule has 2 aromatic rings. The Kier molecular flexibility index (Phi) is 7.88. The maximum absolute atomic E-state index is 12.4. The van der Waals surface area contributed by atoms with Crippen LogP contribution in [0.1, 0.15) is 26.5 Å². The molecule has 1 amide bonds. The summed E-state index contributed by atoms with van der Waals surface area (Å²) >= 11 is 14.8. The highest BCUT2D eigenvalue weighted by Gasteiger charge is 2.17. The Balaban J connectivity index is 2.05. The number of thioether (sulfide) groups is 2. The lowest BCUT2D eigenvalue weighted by atomic mass is 10.3. The first-order valence-electron chi connectivity index (χ1n) is 7.88. The van der Waals surface area contributed by atoms with Crippen molar-refractivity contribution in [1.82, 2.24) is 9.97 Å². The van der Waals surface area contributed by atoms with Crippen molar-refractivity contribution >= 4 is 58.3 Å². The monoisotopic (exact) mass is 431 g/mol. The van der Waals surface area contributed by atoms with Crippen LogP contribution in [-0.4, -0.2) is 26.4 Å². The summed E-state index contributed by atoms with van der Waals surface area (Å²) in [7, 11) is 0. The largest absolute Gasteiger partial charge is 0.325 e. The molecule has 26 heavy (non-hydrogen) atoms. The van der Waals surface area contributed by atoms with Gasteiger partial charge in [-0.05, 0) is 30.4 Å². The van der Waals surface area contributed by atoms with E-state index < -0.39 is 5.25 Å². The molecule has 0 aliphatic carbocycles. The normalized spacial score (nSPS) is 12.2. The van der Waals surface area contributed by atoms with Crippen molar-refractivity contribution in [3.05, 3.63) is 50.4 Å². The molecule has 0 saturated heterocycles. The van der Waals surface area contributed by atoms with Gasteiger partial charge >= 0.3 is 0 Å². The van der Waals surface area contributed by atoms with Gasteiger partial charge in [0.25, 0.3) is 5.56 Å². The molecular weight excluding hydrogens is 413 g/mol. The van der Waals surface area contributed by atoms with Gasteiger partial charge in [0, 0.05) is 27.6 Å². The van der Waals surface area contributed by atoms with Crippen molar-refractivity contribution in [3.8, 4) is 0 Å². The number of rotatable bonds is 7. The Morgan fingerprint density at radius 2 is 1.85 bits per heavy atom. The number of carbonyl (C=O) groups is 1. The summed E-state index contributed by atoms with van der Waals surface area (Å²) in [6, 6.07) is 6.31. The van der Waals surface area contributed by atoms with Crippen LogP contribution in [0.5, 0.6) is 0 Å². The highest BCUT2D eigenvalue weighted by molar-refractivity contribution is 8.00. The van der Waals surface area contributed by atoms with Gasteiger partial charge in [-0.25, -0.2) is 4.98 Å². The second-order valence-electron chi connectivity index (χ2n) is 5.81. The Morgan fingerprint density at radius 3 is 2.46 bits per heavy atom. The molecule has 0 radical (unpaired) electrons. The number of nitrogens with one attached hydrogen (secondary N) is 2. The Hall–Kier alpha value is -1.15. The lowest BCUT2D eigenvalue weighted by Crippen LogP contribution is -2.23. The maximum atomic E-state index is 12.4. The third-order valence-corrected chi connectivity index (χ3v) is 5.68. The molecule has 0 aliphatic heterocycles. The standard InChI is InChI=1S/C17H19Cl2N3O2S2/c1-9(2)25-8-14-7-15(23)22-17(21-14)26-10(3)16(24)20-13-5-11(18)4-12(19)6-13/h4-7,9-10H,8H2,1-3H3,(H,20,24)(H,21,22,23). The maximum Gasteiger partial charge on any atom is 0.251 e. The fraction of sp³-hybridized carbons (Fsp3) is 0.353. The number of H-pyrrole nitrogens is 1. The van der Waals surface area contributed by atoms with E-state index in [1.165, 1.54) is 17.8 Å². The van der Waals surface area contributed by atoms with Crippen molar-refractivity contribution in [2.75, 3.05) is 5.32 Å². The van der Waals surface area contributed by atoms with Crippen LogP contribution in [0.2, 0.25) is 10.0 Å². The van der Waals surface area contributed by atoms with Gasteiger partial charge in [-0.1, -0.05) is 48.8 Å². The fourth-order valence-corrected chi connectivity index (χ4v) is 3.96. The van der Waals surface area contributed by atoms with E-state index in [1.807, 2.05) is 0 Å². The van der Waals surface area contributed by atoms with E-state index >= 15 is 0 Å². The fourth-order valence-electron chi connectivity index (χ4n) is 1.96. The average molecular weight is 432 g/mol. The van der Waals surface area contributed by atoms with Crippen LogP contribution in [0, 0.1) is 0 Å². The van der Waals surface area contributed by atoms with Gasteiger partial charge in [-0.15, -0.1) is 0 Å². The molecule has 1 atom stereocenters. The molecule has 2 rings (SSSR count). The third-order valence-electron chi connectivity index (χ3n) is 3.13. The van der Waals surface area contributed by atoms with Crippen LogP contribution in [-0.2, 0) is 10.5 Å². The van der Waals surface area contributed by atoms with Gasteiger partial charge in [0.2, 0.25) is 5.91 Å². The zero-order chi connectivity index (χ0) is 19.3. The van der Waals surface area contributed by atoms with Gasteiger partial charge in [-0.2, -0.15) is 11.8 Å². The summed E-state index contributed by atoms with van der Waals surface area (Å²) in [5, 5.41) is 4.04. The number of nitrogens with zero attached hydrogens (tertiary/aromatic N) is 1. The quantitative estimate of drug-likeness (QED) is 0.484. The van der Waals surface area contributed by atoms with Crippen LogP contribution in [0.3, 0.4) is 0 Å². The molecular formula is C17H19Cl2N3O2S2. The Labute approximate surface area is 170 Å². The van der Waals surface area contributed by atoms with Gasteiger partial charge in [-0.3, -0.25) is 9.59 Å². The second kappa shape index (κ2) is 9.69. The zero-order valence-corrected chi connectivity index (χ0v) is 17.7. The van der Waals surface area contributed by atoms with E-state index in [0.29, 0.717) is 37.6 Å². The summed E-state index contributed by atoms with van der Waals surface area (Å²) in [4.78, 5) is 31.3. The van der Waals surface area contributed by atoms with Crippen LogP contribution in [0.15, 0.2) is 34.2 Å². The topological polar surface area (TPSA) is 74.8 Å². The number of halogens is 2. The molecule has 9 heteroatoms. The van der Waals surface area contributed by atoms with Gasteiger partial charge in [0.1, 0.15) is 0 Å². The van der Waals surface area contributed by atoms with Crippen LogP contribution in [0.25, 0.3) is 0 Å². The summed E-state index contributed by atoms with van der Waals surface area (Å²) in [6.07, 6.45) is 0. The molecule has 0 fully saturated rings. The first-order valence-corrected chi connectivity index (χ1v) is 10.6. The molecule has 0 aliphatic rings. The van der Waals surface area contributed by atoms with Crippen molar-refractivity contribution in [2.24, 2.45) is 0 Å².